The third-order valence-corrected chi connectivity index (χ3v) is 5.70. The van der Waals surface area contributed by atoms with Crippen molar-refractivity contribution >= 4 is 28.3 Å². The molecule has 2 aliphatic heterocycles. The van der Waals surface area contributed by atoms with Crippen LogP contribution in [-0.2, 0) is 11.2 Å². The standard InChI is InChI=1S/C21H15F4N3O2/c22-11-5-6-16-14(9-11)18(29)20(30)28(16)10-27-8-7-13-12-3-1-2-4-15(12)26-17(13)19(27)21(23,24)25/h1-6,9,19,26H,7-8,10H2. The molecule has 5 rings (SSSR count). The van der Waals surface area contributed by atoms with Crippen molar-refractivity contribution in [2.75, 3.05) is 18.1 Å². The van der Waals surface area contributed by atoms with Crippen LogP contribution < -0.4 is 4.90 Å². The number of carbonyl (C=O) groups is 2. The number of nitrogens with one attached hydrogen (secondary N) is 1. The predicted molar refractivity (Wildman–Crippen MR) is 101 cm³/mol. The Morgan fingerprint density at radius 1 is 1.10 bits per heavy atom. The Morgan fingerprint density at radius 3 is 2.63 bits per heavy atom. The van der Waals surface area contributed by atoms with Gasteiger partial charge in [-0.15, -0.1) is 0 Å². The first-order valence-corrected chi connectivity index (χ1v) is 9.31. The van der Waals surface area contributed by atoms with Gasteiger partial charge >= 0.3 is 12.1 Å². The molecular formula is C21H15F4N3O2. The lowest BCUT2D eigenvalue weighted by molar-refractivity contribution is -0.189. The number of nitrogens with zero attached hydrogens (tertiary/aromatic N) is 2. The maximum Gasteiger partial charge on any atom is 0.409 e. The predicted octanol–water partition coefficient (Wildman–Crippen LogP) is 3.96. The van der Waals surface area contributed by atoms with Crippen LogP contribution in [-0.4, -0.2) is 41.0 Å². The molecule has 3 aromatic rings. The zero-order valence-electron chi connectivity index (χ0n) is 15.5. The van der Waals surface area contributed by atoms with Gasteiger partial charge in [0.1, 0.15) is 11.9 Å². The Morgan fingerprint density at radius 2 is 1.87 bits per heavy atom. The van der Waals surface area contributed by atoms with Gasteiger partial charge in [-0.25, -0.2) is 4.39 Å². The molecule has 0 fully saturated rings. The Bertz CT molecular complexity index is 1200. The Balaban J connectivity index is 1.55. The molecule has 1 aromatic heterocycles. The number of ketones is 1. The number of H-pyrrole nitrogens is 1. The zero-order valence-corrected chi connectivity index (χ0v) is 15.5. The van der Waals surface area contributed by atoms with Crippen molar-refractivity contribution in [3.63, 3.8) is 0 Å². The minimum Gasteiger partial charge on any atom is -0.357 e. The second kappa shape index (κ2) is 6.40. The van der Waals surface area contributed by atoms with Crippen molar-refractivity contribution in [1.82, 2.24) is 9.88 Å². The monoisotopic (exact) mass is 417 g/mol. The Labute approximate surface area is 167 Å². The summed E-state index contributed by atoms with van der Waals surface area (Å²) in [6, 6.07) is 8.31. The number of Topliss-reactive ketones (excluding diaryl/α,β-unsaturated/α-hetero) is 1. The molecule has 154 valence electrons. The van der Waals surface area contributed by atoms with Crippen molar-refractivity contribution in [1.29, 1.82) is 0 Å². The number of halogens is 4. The topological polar surface area (TPSA) is 56.4 Å². The lowest BCUT2D eigenvalue weighted by Gasteiger charge is -2.38. The number of benzene rings is 2. The summed E-state index contributed by atoms with van der Waals surface area (Å²) in [5.41, 5.74) is 1.26. The average molecular weight is 417 g/mol. The summed E-state index contributed by atoms with van der Waals surface area (Å²) in [5.74, 6) is -2.57. The molecule has 0 aliphatic carbocycles. The van der Waals surface area contributed by atoms with Crippen LogP contribution in [0.4, 0.5) is 23.2 Å². The molecule has 0 saturated heterocycles. The summed E-state index contributed by atoms with van der Waals surface area (Å²) in [6.45, 7) is -0.379. The fourth-order valence-electron chi connectivity index (χ4n) is 4.41. The molecule has 1 amide bonds. The van der Waals surface area contributed by atoms with Crippen LogP contribution in [0, 0.1) is 5.82 Å². The average Bonchev–Trinajstić information content (AvgIpc) is 3.17. The third kappa shape index (κ3) is 2.72. The molecule has 2 aromatic carbocycles. The van der Waals surface area contributed by atoms with Crippen molar-refractivity contribution in [3.8, 4) is 0 Å². The molecule has 9 heteroatoms. The van der Waals surface area contributed by atoms with Gasteiger partial charge in [-0.3, -0.25) is 19.4 Å². The van der Waals surface area contributed by atoms with Gasteiger partial charge in [-0.1, -0.05) is 18.2 Å². The number of alkyl halides is 3. The molecule has 2 aliphatic rings. The van der Waals surface area contributed by atoms with Gasteiger partial charge < -0.3 is 4.98 Å². The molecule has 3 heterocycles. The third-order valence-electron chi connectivity index (χ3n) is 5.70. The van der Waals surface area contributed by atoms with E-state index in [2.05, 4.69) is 4.98 Å². The van der Waals surface area contributed by atoms with E-state index < -0.39 is 36.4 Å². The number of carbonyl (C=O) groups excluding carboxylic acids is 2. The molecule has 1 atom stereocenters. The summed E-state index contributed by atoms with van der Waals surface area (Å²) >= 11 is 0. The summed E-state index contributed by atoms with van der Waals surface area (Å²) in [4.78, 5) is 29.6. The largest absolute Gasteiger partial charge is 0.409 e. The van der Waals surface area contributed by atoms with E-state index in [0.717, 1.165) is 27.3 Å². The molecule has 1 unspecified atom stereocenters. The van der Waals surface area contributed by atoms with Gasteiger partial charge in [0, 0.05) is 23.1 Å². The quantitative estimate of drug-likeness (QED) is 0.507. The van der Waals surface area contributed by atoms with Crippen LogP contribution in [0.1, 0.15) is 27.7 Å². The second-order valence-corrected chi connectivity index (χ2v) is 7.43. The van der Waals surface area contributed by atoms with Gasteiger partial charge in [-0.2, -0.15) is 13.2 Å². The van der Waals surface area contributed by atoms with Crippen LogP contribution in [0.5, 0.6) is 0 Å². The molecule has 0 saturated carbocycles. The highest BCUT2D eigenvalue weighted by molar-refractivity contribution is 6.52. The van der Waals surface area contributed by atoms with Crippen LogP contribution in [0.15, 0.2) is 42.5 Å². The van der Waals surface area contributed by atoms with Crippen LogP contribution >= 0.6 is 0 Å². The van der Waals surface area contributed by atoms with Gasteiger partial charge in [0.25, 0.3) is 5.78 Å². The molecular weight excluding hydrogens is 402 g/mol. The lowest BCUT2D eigenvalue weighted by atomic mass is 9.97. The summed E-state index contributed by atoms with van der Waals surface area (Å²) < 4.78 is 55.8. The van der Waals surface area contributed by atoms with Crippen LogP contribution in [0.3, 0.4) is 0 Å². The van der Waals surface area contributed by atoms with Crippen molar-refractivity contribution in [2.24, 2.45) is 0 Å². The number of para-hydroxylation sites is 1. The Hall–Kier alpha value is -3.20. The van der Waals surface area contributed by atoms with Crippen molar-refractivity contribution in [3.05, 3.63) is 65.1 Å². The summed E-state index contributed by atoms with van der Waals surface area (Å²) in [5, 5.41) is 0.745. The van der Waals surface area contributed by atoms with Gasteiger partial charge in [-0.05, 0) is 36.2 Å². The number of amides is 1. The number of fused-ring (bicyclic) bond motifs is 4. The molecule has 5 nitrogen and oxygen atoms in total. The fraction of sp³-hybridized carbons (Fsp3) is 0.238. The Kier molecular flexibility index (Phi) is 4.01. The highest BCUT2D eigenvalue weighted by atomic mass is 19.4. The molecule has 0 radical (unpaired) electrons. The van der Waals surface area contributed by atoms with E-state index in [1.165, 1.54) is 6.07 Å². The second-order valence-electron chi connectivity index (χ2n) is 7.43. The van der Waals surface area contributed by atoms with E-state index in [-0.39, 0.29) is 23.5 Å². The van der Waals surface area contributed by atoms with Crippen molar-refractivity contribution < 1.29 is 27.2 Å². The number of aromatic nitrogens is 1. The van der Waals surface area contributed by atoms with Gasteiger partial charge in [0.15, 0.2) is 0 Å². The molecule has 30 heavy (non-hydrogen) atoms. The van der Waals surface area contributed by atoms with E-state index in [1.54, 1.807) is 24.3 Å². The molecule has 0 spiro atoms. The van der Waals surface area contributed by atoms with E-state index in [0.29, 0.717) is 17.5 Å². The minimum absolute atomic E-state index is 0.0484. The molecule has 1 N–H and O–H groups in total. The van der Waals surface area contributed by atoms with E-state index >= 15 is 0 Å². The number of hydrogen-bond acceptors (Lipinski definition) is 3. The summed E-state index contributed by atoms with van der Waals surface area (Å²) in [7, 11) is 0. The SMILES string of the molecule is O=C1C(=O)N(CN2CCc3c([nH]c4ccccc34)C2C(F)(F)F)c2ccc(F)cc21. The van der Waals surface area contributed by atoms with E-state index in [1.807, 2.05) is 0 Å². The van der Waals surface area contributed by atoms with E-state index in [9.17, 15) is 27.2 Å². The van der Waals surface area contributed by atoms with Crippen LogP contribution in [0.2, 0.25) is 0 Å². The maximum absolute atomic E-state index is 14.1. The maximum atomic E-state index is 14.1. The zero-order chi connectivity index (χ0) is 21.2. The minimum atomic E-state index is -4.60. The van der Waals surface area contributed by atoms with Crippen molar-refractivity contribution in [2.45, 2.75) is 18.6 Å². The van der Waals surface area contributed by atoms with Crippen LogP contribution in [0.25, 0.3) is 10.9 Å². The lowest BCUT2D eigenvalue weighted by Crippen LogP contribution is -2.49. The highest BCUT2D eigenvalue weighted by Gasteiger charge is 2.50. The first-order valence-electron chi connectivity index (χ1n) is 9.31. The first kappa shape index (κ1) is 18.8. The molecule has 0 bridgehead atoms. The van der Waals surface area contributed by atoms with Gasteiger partial charge in [0.2, 0.25) is 0 Å². The fourth-order valence-corrected chi connectivity index (χ4v) is 4.41. The first-order chi connectivity index (χ1) is 14.3. The van der Waals surface area contributed by atoms with Gasteiger partial charge in [0.05, 0.1) is 17.9 Å². The number of anilines is 1. The number of hydrogen-bond donors (Lipinski definition) is 1. The summed E-state index contributed by atoms with van der Waals surface area (Å²) in [6.07, 6.45) is -4.24. The van der Waals surface area contributed by atoms with E-state index in [4.69, 9.17) is 0 Å². The number of rotatable bonds is 2. The highest BCUT2D eigenvalue weighted by Crippen LogP contribution is 2.44. The number of aromatic amines is 1. The smallest absolute Gasteiger partial charge is 0.357 e. The normalized spacial score (nSPS) is 19.5.